The van der Waals surface area contributed by atoms with Crippen molar-refractivity contribution < 1.29 is 53.6 Å². The van der Waals surface area contributed by atoms with Gasteiger partial charge in [-0.05, 0) is 69.2 Å². The van der Waals surface area contributed by atoms with Gasteiger partial charge in [-0.25, -0.2) is 14.4 Å². The van der Waals surface area contributed by atoms with Crippen LogP contribution < -0.4 is 26.4 Å². The van der Waals surface area contributed by atoms with Crippen LogP contribution in [-0.4, -0.2) is 88.5 Å². The van der Waals surface area contributed by atoms with Crippen molar-refractivity contribution in [1.82, 2.24) is 16.0 Å². The van der Waals surface area contributed by atoms with E-state index in [0.29, 0.717) is 50.9 Å². The second kappa shape index (κ2) is 26.4. The topological polar surface area (TPSA) is 252 Å². The Morgan fingerprint density at radius 1 is 0.640 bits per heavy atom. The number of hydrogen-bond acceptors (Lipinski definition) is 9. The fourth-order valence-corrected chi connectivity index (χ4v) is 5.00. The van der Waals surface area contributed by atoms with Gasteiger partial charge in [-0.15, -0.1) is 0 Å². The van der Waals surface area contributed by atoms with Gasteiger partial charge >= 0.3 is 17.9 Å². The molecule has 280 valence electrons. The minimum absolute atomic E-state index is 0.147. The summed E-state index contributed by atoms with van der Waals surface area (Å²) in [4.78, 5) is 81.4. The fraction of sp³-hybridized carbons (Fsp3) is 0.629. The predicted octanol–water partition coefficient (Wildman–Crippen LogP) is 3.18. The van der Waals surface area contributed by atoms with Crippen LogP contribution in [0.25, 0.3) is 0 Å². The number of nitrogens with one attached hydrogen (secondary N) is 3. The maximum absolute atomic E-state index is 12.4. The zero-order chi connectivity index (χ0) is 37.1. The molecule has 0 heterocycles. The number of amides is 3. The van der Waals surface area contributed by atoms with Crippen LogP contribution in [0.1, 0.15) is 120 Å². The highest BCUT2D eigenvalue weighted by atomic mass is 16.5. The zero-order valence-corrected chi connectivity index (χ0v) is 28.7. The molecule has 1 rings (SSSR count). The molecular formula is C35H54N4O11. The van der Waals surface area contributed by atoms with Gasteiger partial charge in [-0.3, -0.25) is 14.4 Å². The number of rotatable bonds is 30. The molecule has 0 saturated heterocycles. The summed E-state index contributed by atoms with van der Waals surface area (Å²) in [5, 5.41) is 35.2. The zero-order valence-electron chi connectivity index (χ0n) is 28.7. The highest BCUT2D eigenvalue weighted by Crippen LogP contribution is 2.14. The van der Waals surface area contributed by atoms with E-state index in [0.717, 1.165) is 51.4 Å². The first kappa shape index (κ1) is 43.5. The number of carboxylic acids is 3. The number of aliphatic carboxylic acids is 2. The first-order chi connectivity index (χ1) is 23.9. The van der Waals surface area contributed by atoms with E-state index in [2.05, 4.69) is 16.0 Å². The molecule has 0 aliphatic heterocycles. The molecule has 8 N–H and O–H groups in total. The summed E-state index contributed by atoms with van der Waals surface area (Å²) in [6.07, 6.45) is 10.3. The first-order valence-electron chi connectivity index (χ1n) is 17.4. The number of carbonyl (C=O) groups excluding carboxylic acids is 4. The van der Waals surface area contributed by atoms with E-state index in [1.54, 1.807) is 12.1 Å². The Kier molecular flexibility index (Phi) is 22.9. The quantitative estimate of drug-likeness (QED) is 0.0450. The third-order valence-corrected chi connectivity index (χ3v) is 7.97. The van der Waals surface area contributed by atoms with Gasteiger partial charge in [0, 0.05) is 25.8 Å². The summed E-state index contributed by atoms with van der Waals surface area (Å²) in [5.41, 5.74) is 5.72. The molecule has 3 amide bonds. The lowest BCUT2D eigenvalue weighted by atomic mass is 10.1. The van der Waals surface area contributed by atoms with Gasteiger partial charge in [-0.1, -0.05) is 44.9 Å². The van der Waals surface area contributed by atoms with E-state index in [1.807, 2.05) is 0 Å². The number of hydrogen-bond donors (Lipinski definition) is 7. The molecule has 1 aromatic carbocycles. The third-order valence-electron chi connectivity index (χ3n) is 7.97. The first-order valence-corrected chi connectivity index (χ1v) is 17.4. The summed E-state index contributed by atoms with van der Waals surface area (Å²) in [5.74, 6) is -4.48. The maximum atomic E-state index is 12.4. The van der Waals surface area contributed by atoms with Crippen LogP contribution >= 0.6 is 0 Å². The van der Waals surface area contributed by atoms with Gasteiger partial charge < -0.3 is 46.5 Å². The molecule has 0 spiro atoms. The molecule has 1 unspecified atom stereocenters. The van der Waals surface area contributed by atoms with Gasteiger partial charge in [0.2, 0.25) is 17.7 Å². The number of carbonyl (C=O) groups is 7. The number of unbranched alkanes of at least 4 members (excludes halogenated alkanes) is 9. The molecule has 0 aliphatic carbocycles. The molecule has 50 heavy (non-hydrogen) atoms. The average Bonchev–Trinajstić information content (AvgIpc) is 3.08. The highest BCUT2D eigenvalue weighted by Gasteiger charge is 2.24. The Hall–Kier alpha value is -4.53. The van der Waals surface area contributed by atoms with Crippen LogP contribution in [0, 0.1) is 0 Å². The number of benzene rings is 1. The summed E-state index contributed by atoms with van der Waals surface area (Å²) >= 11 is 0. The van der Waals surface area contributed by atoms with Crippen LogP contribution in [0.15, 0.2) is 24.3 Å². The molecule has 0 aromatic heterocycles. The van der Waals surface area contributed by atoms with Gasteiger partial charge in [0.05, 0.1) is 18.2 Å². The van der Waals surface area contributed by atoms with E-state index in [1.165, 1.54) is 12.1 Å². The molecule has 0 radical (unpaired) electrons. The van der Waals surface area contributed by atoms with Crippen molar-refractivity contribution in [2.45, 2.75) is 127 Å². The Labute approximate surface area is 293 Å². The Balaban J connectivity index is 2.16. The van der Waals surface area contributed by atoms with E-state index in [9.17, 15) is 43.8 Å². The maximum Gasteiger partial charge on any atom is 0.335 e. The third kappa shape index (κ3) is 21.4. The summed E-state index contributed by atoms with van der Waals surface area (Å²) in [7, 11) is 0. The largest absolute Gasteiger partial charge is 0.494 e. The molecule has 15 heteroatoms. The molecule has 0 saturated carbocycles. The molecular weight excluding hydrogens is 652 g/mol. The Morgan fingerprint density at radius 3 is 1.66 bits per heavy atom. The summed E-state index contributed by atoms with van der Waals surface area (Å²) in [6.45, 7) is 0.912. The lowest BCUT2D eigenvalue weighted by Gasteiger charge is -2.17. The number of aldehydes is 1. The minimum Gasteiger partial charge on any atom is -0.494 e. The number of aromatic carboxylic acids is 1. The van der Waals surface area contributed by atoms with Crippen molar-refractivity contribution in [2.75, 3.05) is 13.2 Å². The highest BCUT2D eigenvalue weighted by molar-refractivity contribution is 5.88. The van der Waals surface area contributed by atoms with E-state index >= 15 is 0 Å². The number of nitrogens with two attached hydrogens (primary N) is 1. The van der Waals surface area contributed by atoms with Gasteiger partial charge in [0.1, 0.15) is 24.1 Å². The Bertz CT molecular complexity index is 1210. The minimum atomic E-state index is -1.34. The van der Waals surface area contributed by atoms with E-state index < -0.39 is 53.8 Å². The predicted molar refractivity (Wildman–Crippen MR) is 184 cm³/mol. The summed E-state index contributed by atoms with van der Waals surface area (Å²) in [6, 6.07) is 3.15. The van der Waals surface area contributed by atoms with Crippen molar-refractivity contribution in [3.63, 3.8) is 0 Å². The standard InChI is InChI=1S/C35H54N4O11/c36-26(24-40)12-9-10-22-37-30(41)20-18-28(34(46)47)39-32(43)21-19-29(35(48)49)38-31(42)13-8-6-4-2-1-3-5-7-11-23-50-27-16-14-25(15-17-27)33(44)45/h14-17,24,26,28-29H,1-13,18-23,36H2,(H,37,41)(H,38,42)(H,39,43)(H,44,45)(H,46,47)(H,48,49)/t26-,28?,29-/m0/s1. The van der Waals surface area contributed by atoms with Crippen molar-refractivity contribution >= 4 is 41.9 Å². The number of ether oxygens (including phenoxy) is 1. The van der Waals surface area contributed by atoms with Crippen molar-refractivity contribution in [2.24, 2.45) is 5.73 Å². The summed E-state index contributed by atoms with van der Waals surface area (Å²) < 4.78 is 5.63. The second-order valence-corrected chi connectivity index (χ2v) is 12.2. The molecule has 1 aromatic rings. The Morgan fingerprint density at radius 2 is 1.14 bits per heavy atom. The molecule has 15 nitrogen and oxygen atoms in total. The number of carboxylic acid groups (broad SMARTS) is 3. The van der Waals surface area contributed by atoms with Crippen LogP contribution in [-0.2, 0) is 28.8 Å². The van der Waals surface area contributed by atoms with Gasteiger partial charge in [0.15, 0.2) is 0 Å². The smallest absolute Gasteiger partial charge is 0.335 e. The molecule has 0 aliphatic rings. The van der Waals surface area contributed by atoms with Crippen LogP contribution in [0.4, 0.5) is 0 Å². The molecule has 0 fully saturated rings. The van der Waals surface area contributed by atoms with Gasteiger partial charge in [-0.2, -0.15) is 0 Å². The van der Waals surface area contributed by atoms with E-state index in [-0.39, 0.29) is 37.7 Å². The normalized spacial score (nSPS) is 12.6. The van der Waals surface area contributed by atoms with Crippen molar-refractivity contribution in [3.8, 4) is 5.75 Å². The van der Waals surface area contributed by atoms with Crippen LogP contribution in [0.3, 0.4) is 0 Å². The van der Waals surface area contributed by atoms with Crippen molar-refractivity contribution in [1.29, 1.82) is 0 Å². The van der Waals surface area contributed by atoms with Crippen molar-refractivity contribution in [3.05, 3.63) is 29.8 Å². The molecule has 0 bridgehead atoms. The second-order valence-electron chi connectivity index (χ2n) is 12.2. The fourth-order valence-electron chi connectivity index (χ4n) is 5.00. The average molecular weight is 707 g/mol. The molecule has 3 atom stereocenters. The lowest BCUT2D eigenvalue weighted by molar-refractivity contribution is -0.143. The lowest BCUT2D eigenvalue weighted by Crippen LogP contribution is -2.44. The van der Waals surface area contributed by atoms with Crippen LogP contribution in [0.2, 0.25) is 0 Å². The SMILES string of the molecule is N[C@H](C=O)CCCCNC(=O)CCC(NC(=O)CC[C@H](NC(=O)CCCCCCCCCCCOc1ccc(C(=O)O)cc1)C(=O)O)C(=O)O. The van der Waals surface area contributed by atoms with E-state index in [4.69, 9.17) is 15.6 Å². The monoisotopic (exact) mass is 706 g/mol. The van der Waals surface area contributed by atoms with Gasteiger partial charge in [0.25, 0.3) is 0 Å². The van der Waals surface area contributed by atoms with Crippen LogP contribution in [0.5, 0.6) is 5.75 Å².